The van der Waals surface area contributed by atoms with Crippen molar-refractivity contribution in [2.75, 3.05) is 0 Å². The van der Waals surface area contributed by atoms with Crippen LogP contribution in [0.2, 0.25) is 0 Å². The molecule has 0 bridgehead atoms. The predicted molar refractivity (Wildman–Crippen MR) is 61.8 cm³/mol. The molecule has 1 unspecified atom stereocenters. The average Bonchev–Trinajstić information content (AvgIpc) is 2.72. The first kappa shape index (κ1) is 11.2. The Bertz CT molecular complexity index is 662. The lowest BCUT2D eigenvalue weighted by atomic mass is 9.94. The van der Waals surface area contributed by atoms with Gasteiger partial charge in [0.15, 0.2) is 5.41 Å². The van der Waals surface area contributed by atoms with Gasteiger partial charge in [-0.3, -0.25) is 4.79 Å². The van der Waals surface area contributed by atoms with Crippen LogP contribution >= 0.6 is 0 Å². The summed E-state index contributed by atoms with van der Waals surface area (Å²) >= 11 is 0. The minimum atomic E-state index is -3.15. The molecule has 0 aliphatic heterocycles. The van der Waals surface area contributed by atoms with E-state index in [2.05, 4.69) is 0 Å². The fourth-order valence-electron chi connectivity index (χ4n) is 2.50. The number of hydrogen-bond donors (Lipinski definition) is 1. The van der Waals surface area contributed by atoms with Gasteiger partial charge >= 0.3 is 5.97 Å². The third kappa shape index (κ3) is 1.19. The van der Waals surface area contributed by atoms with Crippen molar-refractivity contribution in [2.24, 2.45) is 7.05 Å². The number of carbonyl (C=O) groups is 1. The predicted octanol–water partition coefficient (Wildman–Crippen LogP) is 2.54. The lowest BCUT2D eigenvalue weighted by Gasteiger charge is -2.12. The van der Waals surface area contributed by atoms with Crippen LogP contribution in [0.1, 0.15) is 12.0 Å². The van der Waals surface area contributed by atoms with Crippen molar-refractivity contribution in [3.05, 3.63) is 36.0 Å². The number of alkyl halides is 2. The van der Waals surface area contributed by atoms with Gasteiger partial charge in [0.25, 0.3) is 5.92 Å². The largest absolute Gasteiger partial charge is 0.480 e. The summed E-state index contributed by atoms with van der Waals surface area (Å²) in [4.78, 5) is 11.2. The van der Waals surface area contributed by atoms with E-state index in [1.165, 1.54) is 6.07 Å². The molecule has 5 heteroatoms. The summed E-state index contributed by atoms with van der Waals surface area (Å²) in [5.74, 6) is -4.61. The molecule has 0 spiro atoms. The lowest BCUT2D eigenvalue weighted by molar-refractivity contribution is -0.142. The van der Waals surface area contributed by atoms with Crippen molar-refractivity contribution in [3.8, 4) is 0 Å². The van der Waals surface area contributed by atoms with Crippen LogP contribution in [0.25, 0.3) is 10.9 Å². The number of carboxylic acids is 1. The molecule has 0 amide bonds. The van der Waals surface area contributed by atoms with Gasteiger partial charge in [0.05, 0.1) is 0 Å². The number of aromatic nitrogens is 1. The Balaban J connectivity index is 2.18. The Morgan fingerprint density at radius 3 is 2.61 bits per heavy atom. The summed E-state index contributed by atoms with van der Waals surface area (Å²) in [5.41, 5.74) is -0.959. The minimum absolute atomic E-state index is 0.179. The van der Waals surface area contributed by atoms with Gasteiger partial charge in [-0.05, 0) is 29.1 Å². The maximum atomic E-state index is 13.4. The number of fused-ring (bicyclic) bond motifs is 1. The summed E-state index contributed by atoms with van der Waals surface area (Å²) < 4.78 is 28.7. The van der Waals surface area contributed by atoms with E-state index in [1.807, 2.05) is 17.8 Å². The second-order valence-corrected chi connectivity index (χ2v) is 4.79. The molecular formula is C13H11F2NO2. The Kier molecular flexibility index (Phi) is 1.93. The fraction of sp³-hybridized carbons (Fsp3) is 0.308. The van der Waals surface area contributed by atoms with Crippen molar-refractivity contribution in [3.63, 3.8) is 0 Å². The number of benzene rings is 1. The van der Waals surface area contributed by atoms with Crippen molar-refractivity contribution >= 4 is 16.9 Å². The van der Waals surface area contributed by atoms with Crippen LogP contribution < -0.4 is 0 Å². The van der Waals surface area contributed by atoms with Crippen LogP contribution in [0.5, 0.6) is 0 Å². The van der Waals surface area contributed by atoms with Gasteiger partial charge in [-0.15, -0.1) is 0 Å². The molecule has 1 aromatic carbocycles. The molecule has 1 N–H and O–H groups in total. The van der Waals surface area contributed by atoms with E-state index in [0.29, 0.717) is 0 Å². The van der Waals surface area contributed by atoms with Crippen LogP contribution in [-0.2, 0) is 17.3 Å². The quantitative estimate of drug-likeness (QED) is 0.891. The van der Waals surface area contributed by atoms with Crippen molar-refractivity contribution in [1.82, 2.24) is 4.57 Å². The average molecular weight is 251 g/mol. The van der Waals surface area contributed by atoms with Crippen molar-refractivity contribution in [1.29, 1.82) is 0 Å². The number of halogens is 2. The highest BCUT2D eigenvalue weighted by atomic mass is 19.3. The van der Waals surface area contributed by atoms with Gasteiger partial charge in [-0.2, -0.15) is 0 Å². The summed E-state index contributed by atoms with van der Waals surface area (Å²) in [6.45, 7) is 0. The van der Waals surface area contributed by atoms with Gasteiger partial charge in [-0.1, -0.05) is 6.07 Å². The zero-order valence-corrected chi connectivity index (χ0v) is 9.65. The third-order valence-corrected chi connectivity index (χ3v) is 3.73. The number of rotatable bonds is 2. The zero-order chi connectivity index (χ0) is 13.1. The molecule has 3 rings (SSSR count). The molecule has 1 atom stereocenters. The molecule has 1 aliphatic carbocycles. The second kappa shape index (κ2) is 3.10. The van der Waals surface area contributed by atoms with Crippen molar-refractivity contribution < 1.29 is 18.7 Å². The van der Waals surface area contributed by atoms with E-state index < -0.39 is 23.7 Å². The molecule has 1 fully saturated rings. The maximum absolute atomic E-state index is 13.4. The van der Waals surface area contributed by atoms with Gasteiger partial charge in [0, 0.05) is 25.2 Å². The summed E-state index contributed by atoms with van der Waals surface area (Å²) in [5, 5.41) is 9.86. The minimum Gasteiger partial charge on any atom is -0.480 e. The summed E-state index contributed by atoms with van der Waals surface area (Å²) in [6, 6.07) is 6.50. The molecule has 1 heterocycles. The van der Waals surface area contributed by atoms with Gasteiger partial charge in [0.1, 0.15) is 0 Å². The summed E-state index contributed by atoms with van der Waals surface area (Å²) in [7, 11) is 1.85. The van der Waals surface area contributed by atoms with Crippen LogP contribution in [0.15, 0.2) is 30.5 Å². The highest BCUT2D eigenvalue weighted by Gasteiger charge is 2.77. The standard InChI is InChI=1S/C13H11F2NO2/c1-16-5-4-8-6-9(2-3-10(8)16)12(11(17)18)7-13(12,14)15/h2-6H,7H2,1H3,(H,17,18). The van der Waals surface area contributed by atoms with E-state index in [0.717, 1.165) is 10.9 Å². The summed E-state index contributed by atoms with van der Waals surface area (Å²) in [6.07, 6.45) is 1.20. The molecule has 18 heavy (non-hydrogen) atoms. The molecule has 0 saturated heterocycles. The Morgan fingerprint density at radius 1 is 1.39 bits per heavy atom. The van der Waals surface area contributed by atoms with Crippen LogP contribution in [0.4, 0.5) is 8.78 Å². The van der Waals surface area contributed by atoms with Gasteiger partial charge in [0.2, 0.25) is 0 Å². The molecule has 2 aromatic rings. The molecule has 3 nitrogen and oxygen atoms in total. The van der Waals surface area contributed by atoms with E-state index in [-0.39, 0.29) is 5.56 Å². The van der Waals surface area contributed by atoms with E-state index >= 15 is 0 Å². The van der Waals surface area contributed by atoms with E-state index in [9.17, 15) is 13.6 Å². The normalized spacial score (nSPS) is 25.3. The molecule has 1 aliphatic rings. The second-order valence-electron chi connectivity index (χ2n) is 4.79. The van der Waals surface area contributed by atoms with Crippen LogP contribution in [0, 0.1) is 0 Å². The number of aryl methyl sites for hydroxylation is 1. The van der Waals surface area contributed by atoms with Crippen LogP contribution in [0.3, 0.4) is 0 Å². The number of carboxylic acid groups (broad SMARTS) is 1. The Hall–Kier alpha value is -1.91. The highest BCUT2D eigenvalue weighted by Crippen LogP contribution is 2.61. The zero-order valence-electron chi connectivity index (χ0n) is 9.65. The third-order valence-electron chi connectivity index (χ3n) is 3.73. The number of hydrogen-bond acceptors (Lipinski definition) is 1. The molecule has 1 saturated carbocycles. The SMILES string of the molecule is Cn1ccc2cc(C3(C(=O)O)CC3(F)F)ccc21. The van der Waals surface area contributed by atoms with Gasteiger partial charge < -0.3 is 9.67 Å². The molecule has 94 valence electrons. The first-order chi connectivity index (χ1) is 8.38. The topological polar surface area (TPSA) is 42.2 Å². The maximum Gasteiger partial charge on any atom is 0.320 e. The van der Waals surface area contributed by atoms with Gasteiger partial charge in [-0.25, -0.2) is 8.78 Å². The van der Waals surface area contributed by atoms with E-state index in [4.69, 9.17) is 5.11 Å². The first-order valence-electron chi connectivity index (χ1n) is 5.55. The van der Waals surface area contributed by atoms with Crippen LogP contribution in [-0.4, -0.2) is 21.6 Å². The Labute approximate surface area is 102 Å². The molecule has 1 aromatic heterocycles. The number of aliphatic carboxylic acids is 1. The fourth-order valence-corrected chi connectivity index (χ4v) is 2.50. The van der Waals surface area contributed by atoms with E-state index in [1.54, 1.807) is 18.2 Å². The number of nitrogens with zero attached hydrogens (tertiary/aromatic N) is 1. The Morgan fingerprint density at radius 2 is 2.06 bits per heavy atom. The molecule has 0 radical (unpaired) electrons. The smallest absolute Gasteiger partial charge is 0.320 e. The van der Waals surface area contributed by atoms with Crippen molar-refractivity contribution in [2.45, 2.75) is 17.8 Å². The monoisotopic (exact) mass is 251 g/mol. The molecular weight excluding hydrogens is 240 g/mol. The highest BCUT2D eigenvalue weighted by molar-refractivity contribution is 5.90. The first-order valence-corrected chi connectivity index (χ1v) is 5.55. The lowest BCUT2D eigenvalue weighted by Crippen LogP contribution is -2.26.